The van der Waals surface area contributed by atoms with Crippen molar-refractivity contribution >= 4 is 41.5 Å². The molecule has 3 N–H and O–H groups in total. The van der Waals surface area contributed by atoms with Gasteiger partial charge in [-0.3, -0.25) is 4.57 Å². The van der Waals surface area contributed by atoms with E-state index in [-0.39, 0.29) is 23.2 Å². The first-order valence-corrected chi connectivity index (χ1v) is 13.6. The van der Waals surface area contributed by atoms with Crippen molar-refractivity contribution in [2.24, 2.45) is 0 Å². The van der Waals surface area contributed by atoms with Crippen LogP contribution in [0.15, 0.2) is 83.5 Å². The summed E-state index contributed by atoms with van der Waals surface area (Å²) < 4.78 is 39.7. The van der Waals surface area contributed by atoms with Crippen LogP contribution in [-0.2, 0) is 21.6 Å². The minimum Gasteiger partial charge on any atom is -0.478 e. The van der Waals surface area contributed by atoms with Crippen molar-refractivity contribution in [1.82, 2.24) is 9.80 Å². The lowest BCUT2D eigenvalue weighted by Gasteiger charge is -2.28. The normalized spacial score (nSPS) is 14.8. The molecule has 0 bridgehead atoms. The van der Waals surface area contributed by atoms with E-state index in [4.69, 9.17) is 9.79 Å². The summed E-state index contributed by atoms with van der Waals surface area (Å²) in [5.74, 6) is -1.07. The number of rotatable bonds is 9. The number of aromatic carboxylic acids is 1. The molecule has 0 amide bonds. The molecule has 1 aliphatic rings. The smallest absolute Gasteiger partial charge is 0.399 e. The maximum Gasteiger partial charge on any atom is 0.399 e. The fourth-order valence-corrected chi connectivity index (χ4v) is 5.51. The maximum absolute atomic E-state index is 14.3. The number of carboxylic acid groups (broad SMARTS) is 1. The highest BCUT2D eigenvalue weighted by Crippen LogP contribution is 2.60. The van der Waals surface area contributed by atoms with Gasteiger partial charge in [-0.25, -0.2) is 4.79 Å². The number of carbonyl (C=O) groups excluding carboxylic acids is 1. The summed E-state index contributed by atoms with van der Waals surface area (Å²) in [6.45, 7) is 0.454. The van der Waals surface area contributed by atoms with Crippen molar-refractivity contribution in [3.8, 4) is 0 Å². The Bertz CT molecular complexity index is 1430. The molecule has 0 aliphatic carbocycles. The van der Waals surface area contributed by atoms with Gasteiger partial charge in [0.15, 0.2) is 0 Å². The average molecular weight is 607 g/mol. The van der Waals surface area contributed by atoms with Gasteiger partial charge in [-0.05, 0) is 34.9 Å². The van der Waals surface area contributed by atoms with Crippen molar-refractivity contribution < 1.29 is 37.8 Å². The molecule has 0 spiro atoms. The Labute approximate surface area is 225 Å². The van der Waals surface area contributed by atoms with E-state index >= 15 is 0 Å². The molecule has 0 saturated carbocycles. The summed E-state index contributed by atoms with van der Waals surface area (Å²) in [4.78, 5) is 45.2. The lowest BCUT2D eigenvalue weighted by Crippen LogP contribution is -2.30. The molecule has 1 aliphatic heterocycles. The van der Waals surface area contributed by atoms with Gasteiger partial charge in [0.1, 0.15) is 12.3 Å². The van der Waals surface area contributed by atoms with E-state index in [0.717, 1.165) is 17.9 Å². The minimum atomic E-state index is -5.74. The third-order valence-electron chi connectivity index (χ3n) is 6.11. The lowest BCUT2D eigenvalue weighted by molar-refractivity contribution is -0.112. The molecule has 0 fully saturated rings. The van der Waals surface area contributed by atoms with Crippen LogP contribution < -0.4 is 0 Å². The second-order valence-electron chi connectivity index (χ2n) is 8.64. The van der Waals surface area contributed by atoms with Crippen LogP contribution in [-0.4, -0.2) is 43.6 Å². The summed E-state index contributed by atoms with van der Waals surface area (Å²) >= 11 is 3.01. The van der Waals surface area contributed by atoms with Crippen LogP contribution in [0.5, 0.6) is 0 Å². The number of carbonyl (C=O) groups is 2. The molecule has 198 valence electrons. The zero-order valence-electron chi connectivity index (χ0n) is 19.6. The van der Waals surface area contributed by atoms with Gasteiger partial charge in [-0.15, -0.1) is 0 Å². The van der Waals surface area contributed by atoms with E-state index in [2.05, 4.69) is 15.9 Å². The lowest BCUT2D eigenvalue weighted by atomic mass is 10.1. The highest BCUT2D eigenvalue weighted by atomic mass is 79.9. The van der Waals surface area contributed by atoms with Gasteiger partial charge >= 0.3 is 19.2 Å². The Balaban J connectivity index is 1.68. The van der Waals surface area contributed by atoms with Crippen molar-refractivity contribution in [2.75, 3.05) is 6.67 Å². The van der Waals surface area contributed by atoms with Crippen molar-refractivity contribution in [3.63, 3.8) is 0 Å². The molecule has 38 heavy (non-hydrogen) atoms. The molecule has 0 saturated heterocycles. The molecule has 3 aromatic carbocycles. The Hall–Kier alpha value is -3.37. The zero-order valence-corrected chi connectivity index (χ0v) is 22.1. The standard InChI is InChI=1S/C26H22BrF2N2O6P/c27-22-12-17(6-11-21(22)26(28,29)38(35,36)37)13-30-16-31(24(15-32)18-4-2-1-3-5-18)14-23(30)19-7-9-20(10-8-19)25(33)34/h1-12,14-15,24H,13,16H2,(H,33,34)(H2,35,36,37). The zero-order chi connectivity index (χ0) is 27.7. The van der Waals surface area contributed by atoms with E-state index in [1.165, 1.54) is 24.3 Å². The highest BCUT2D eigenvalue weighted by molar-refractivity contribution is 9.10. The molecule has 1 unspecified atom stereocenters. The molecule has 12 heteroatoms. The van der Waals surface area contributed by atoms with Crippen LogP contribution in [0.2, 0.25) is 0 Å². The second kappa shape index (κ2) is 10.8. The molecule has 0 aromatic heterocycles. The third kappa shape index (κ3) is 5.56. The van der Waals surface area contributed by atoms with E-state index < -0.39 is 30.8 Å². The molecular formula is C26H22BrF2N2O6P. The van der Waals surface area contributed by atoms with Gasteiger partial charge in [0.05, 0.1) is 17.9 Å². The topological polar surface area (TPSA) is 118 Å². The van der Waals surface area contributed by atoms with Crippen LogP contribution in [0.4, 0.5) is 8.78 Å². The quantitative estimate of drug-likeness (QED) is 0.219. The van der Waals surface area contributed by atoms with Crippen molar-refractivity contribution in [3.05, 3.63) is 111 Å². The predicted molar refractivity (Wildman–Crippen MR) is 139 cm³/mol. The number of aldehydes is 1. The minimum absolute atomic E-state index is 0.108. The Morgan fingerprint density at radius 2 is 1.74 bits per heavy atom. The molecule has 3 aromatic rings. The Morgan fingerprint density at radius 3 is 2.29 bits per heavy atom. The number of carboxylic acids is 1. The predicted octanol–water partition coefficient (Wildman–Crippen LogP) is 5.39. The fourth-order valence-electron chi connectivity index (χ4n) is 4.17. The van der Waals surface area contributed by atoms with Crippen LogP contribution in [0.3, 0.4) is 0 Å². The summed E-state index contributed by atoms with van der Waals surface area (Å²) in [5.41, 5.74) is -2.41. The van der Waals surface area contributed by atoms with Crippen molar-refractivity contribution in [1.29, 1.82) is 0 Å². The van der Waals surface area contributed by atoms with E-state index in [1.54, 1.807) is 18.3 Å². The number of hydrogen-bond donors (Lipinski definition) is 3. The summed E-state index contributed by atoms with van der Waals surface area (Å²) in [5, 5.41) is 9.24. The molecule has 8 nitrogen and oxygen atoms in total. The van der Waals surface area contributed by atoms with E-state index in [9.17, 15) is 28.0 Å². The van der Waals surface area contributed by atoms with Crippen LogP contribution in [0.1, 0.15) is 38.7 Å². The number of hydrogen-bond acceptors (Lipinski definition) is 5. The maximum atomic E-state index is 14.3. The number of alkyl halides is 2. The fraction of sp³-hybridized carbons (Fsp3) is 0.154. The summed E-state index contributed by atoms with van der Waals surface area (Å²) in [6, 6.07) is 18.4. The largest absolute Gasteiger partial charge is 0.478 e. The first-order valence-electron chi connectivity index (χ1n) is 11.2. The van der Waals surface area contributed by atoms with Crippen LogP contribution >= 0.6 is 23.5 Å². The van der Waals surface area contributed by atoms with Gasteiger partial charge in [-0.1, -0.05) is 70.5 Å². The van der Waals surface area contributed by atoms with Gasteiger partial charge in [-0.2, -0.15) is 8.78 Å². The average Bonchev–Trinajstić information content (AvgIpc) is 3.27. The van der Waals surface area contributed by atoms with Gasteiger partial charge in [0, 0.05) is 22.8 Å². The SMILES string of the molecule is O=CC(c1ccccc1)N1C=C(c2ccc(C(=O)O)cc2)N(Cc2ccc(C(F)(F)P(=O)(O)O)c(Br)c2)C1. The first-order chi connectivity index (χ1) is 17.9. The number of halogens is 3. The van der Waals surface area contributed by atoms with Gasteiger partial charge in [0.2, 0.25) is 0 Å². The Kier molecular flexibility index (Phi) is 7.85. The van der Waals surface area contributed by atoms with Gasteiger partial charge < -0.3 is 29.5 Å². The second-order valence-corrected chi connectivity index (χ2v) is 11.1. The molecular weight excluding hydrogens is 585 g/mol. The first kappa shape index (κ1) is 27.7. The van der Waals surface area contributed by atoms with E-state index in [1.807, 2.05) is 40.1 Å². The monoisotopic (exact) mass is 606 g/mol. The van der Waals surface area contributed by atoms with E-state index in [0.29, 0.717) is 16.8 Å². The van der Waals surface area contributed by atoms with Gasteiger partial charge in [0.25, 0.3) is 0 Å². The molecule has 1 atom stereocenters. The van der Waals surface area contributed by atoms with Crippen molar-refractivity contribution in [2.45, 2.75) is 18.3 Å². The number of nitrogens with zero attached hydrogens (tertiary/aromatic N) is 2. The number of benzene rings is 3. The Morgan fingerprint density at radius 1 is 1.08 bits per heavy atom. The van der Waals surface area contributed by atoms with Crippen LogP contribution in [0.25, 0.3) is 5.70 Å². The molecule has 4 rings (SSSR count). The van der Waals surface area contributed by atoms with Crippen LogP contribution in [0, 0.1) is 0 Å². The molecule has 1 heterocycles. The summed E-state index contributed by atoms with van der Waals surface area (Å²) in [7, 11) is -5.74. The summed E-state index contributed by atoms with van der Waals surface area (Å²) in [6.07, 6.45) is 2.60. The molecule has 0 radical (unpaired) electrons. The highest BCUT2D eigenvalue weighted by Gasteiger charge is 2.51. The third-order valence-corrected chi connectivity index (χ3v) is 7.74.